The van der Waals surface area contributed by atoms with Crippen LogP contribution in [0.5, 0.6) is 5.75 Å². The van der Waals surface area contributed by atoms with Gasteiger partial charge in [-0.05, 0) is 49.6 Å². The molecule has 0 aliphatic carbocycles. The van der Waals surface area contributed by atoms with Crippen LogP contribution in [0, 0.1) is 0 Å². The van der Waals surface area contributed by atoms with Crippen LogP contribution in [0.3, 0.4) is 0 Å². The van der Waals surface area contributed by atoms with Crippen LogP contribution in [-0.4, -0.2) is 53.3 Å². The monoisotopic (exact) mass is 345 g/mol. The normalized spacial score (nSPS) is 22.1. The Morgan fingerprint density at radius 1 is 1.12 bits per heavy atom. The molecule has 2 N–H and O–H groups in total. The SMILES string of the molecule is COc1ccc(C2=CC3CCC(C2)N3C)cc1.O=C(O)C=CC(=O)O. The maximum Gasteiger partial charge on any atom is 0.328 e. The van der Waals surface area contributed by atoms with Crippen LogP contribution in [0.2, 0.25) is 0 Å². The van der Waals surface area contributed by atoms with Crippen LogP contribution in [0.1, 0.15) is 24.8 Å². The van der Waals surface area contributed by atoms with Gasteiger partial charge in [0.1, 0.15) is 5.75 Å². The van der Waals surface area contributed by atoms with Crippen molar-refractivity contribution in [2.24, 2.45) is 0 Å². The zero-order valence-corrected chi connectivity index (χ0v) is 14.4. The molecular formula is C19H23NO5. The van der Waals surface area contributed by atoms with Crippen molar-refractivity contribution in [2.75, 3.05) is 14.2 Å². The van der Waals surface area contributed by atoms with Gasteiger partial charge in [-0.25, -0.2) is 9.59 Å². The Hall–Kier alpha value is -2.60. The van der Waals surface area contributed by atoms with Gasteiger partial charge >= 0.3 is 11.9 Å². The number of likely N-dealkylation sites (N-methyl/N-ethyl adjacent to an activating group) is 1. The van der Waals surface area contributed by atoms with E-state index >= 15 is 0 Å². The Morgan fingerprint density at radius 2 is 1.72 bits per heavy atom. The van der Waals surface area contributed by atoms with Gasteiger partial charge in [-0.2, -0.15) is 0 Å². The maximum atomic E-state index is 9.55. The molecule has 0 aromatic heterocycles. The van der Waals surface area contributed by atoms with Crippen LogP contribution in [-0.2, 0) is 9.59 Å². The predicted octanol–water partition coefficient (Wildman–Crippen LogP) is 2.66. The van der Waals surface area contributed by atoms with E-state index in [1.54, 1.807) is 7.11 Å². The van der Waals surface area contributed by atoms with E-state index in [9.17, 15) is 9.59 Å². The second kappa shape index (κ2) is 8.48. The molecule has 3 rings (SSSR count). The third-order valence-electron chi connectivity index (χ3n) is 4.57. The Bertz CT molecular complexity index is 662. The second-order valence-corrected chi connectivity index (χ2v) is 6.10. The minimum absolute atomic E-state index is 0.558. The second-order valence-electron chi connectivity index (χ2n) is 6.10. The fourth-order valence-electron chi connectivity index (χ4n) is 3.20. The predicted molar refractivity (Wildman–Crippen MR) is 94.6 cm³/mol. The molecule has 1 aromatic carbocycles. The molecule has 134 valence electrons. The smallest absolute Gasteiger partial charge is 0.328 e. The van der Waals surface area contributed by atoms with Gasteiger partial charge < -0.3 is 14.9 Å². The van der Waals surface area contributed by atoms with E-state index in [1.807, 2.05) is 0 Å². The van der Waals surface area contributed by atoms with Crippen molar-refractivity contribution in [3.63, 3.8) is 0 Å². The molecule has 2 unspecified atom stereocenters. The highest BCUT2D eigenvalue weighted by atomic mass is 16.5. The molecule has 2 heterocycles. The number of methoxy groups -OCH3 is 1. The zero-order chi connectivity index (χ0) is 18.4. The largest absolute Gasteiger partial charge is 0.497 e. The van der Waals surface area contributed by atoms with Crippen molar-refractivity contribution < 1.29 is 24.5 Å². The van der Waals surface area contributed by atoms with E-state index in [1.165, 1.54) is 30.4 Å². The van der Waals surface area contributed by atoms with Gasteiger partial charge in [-0.15, -0.1) is 0 Å². The Labute approximate surface area is 147 Å². The number of carbonyl (C=O) groups is 2. The molecule has 0 spiro atoms. The number of carboxylic acids is 2. The summed E-state index contributed by atoms with van der Waals surface area (Å²) in [6.45, 7) is 0. The summed E-state index contributed by atoms with van der Waals surface area (Å²) in [7, 11) is 3.97. The Balaban J connectivity index is 0.000000242. The van der Waals surface area contributed by atoms with E-state index in [2.05, 4.69) is 42.3 Å². The van der Waals surface area contributed by atoms with Crippen molar-refractivity contribution in [2.45, 2.75) is 31.3 Å². The fraction of sp³-hybridized carbons (Fsp3) is 0.368. The topological polar surface area (TPSA) is 87.1 Å². The van der Waals surface area contributed by atoms with Crippen LogP contribution in [0.4, 0.5) is 0 Å². The number of nitrogens with zero attached hydrogens (tertiary/aromatic N) is 1. The summed E-state index contributed by atoms with van der Waals surface area (Å²) in [5, 5.41) is 15.6. The first-order valence-corrected chi connectivity index (χ1v) is 8.11. The Morgan fingerprint density at radius 3 is 2.20 bits per heavy atom. The number of ether oxygens (including phenoxy) is 1. The highest BCUT2D eigenvalue weighted by Gasteiger charge is 2.33. The fourth-order valence-corrected chi connectivity index (χ4v) is 3.20. The number of carboxylic acid groups (broad SMARTS) is 2. The lowest BCUT2D eigenvalue weighted by molar-refractivity contribution is -0.134. The van der Waals surface area contributed by atoms with Gasteiger partial charge in [-0.3, -0.25) is 4.90 Å². The average Bonchev–Trinajstić information content (AvgIpc) is 2.81. The number of hydrogen-bond donors (Lipinski definition) is 2. The lowest BCUT2D eigenvalue weighted by atomic mass is 9.95. The van der Waals surface area contributed by atoms with Gasteiger partial charge in [0.2, 0.25) is 0 Å². The highest BCUT2D eigenvalue weighted by molar-refractivity contribution is 5.89. The summed E-state index contributed by atoms with van der Waals surface area (Å²) >= 11 is 0. The average molecular weight is 345 g/mol. The summed E-state index contributed by atoms with van der Waals surface area (Å²) < 4.78 is 5.20. The molecule has 6 heteroatoms. The summed E-state index contributed by atoms with van der Waals surface area (Å²) in [6, 6.07) is 9.87. The molecule has 0 saturated carbocycles. The van der Waals surface area contributed by atoms with E-state index in [4.69, 9.17) is 14.9 Å². The molecule has 1 saturated heterocycles. The zero-order valence-electron chi connectivity index (χ0n) is 14.4. The summed E-state index contributed by atoms with van der Waals surface area (Å²) in [6.07, 6.45) is 7.42. The summed E-state index contributed by atoms with van der Waals surface area (Å²) in [5.41, 5.74) is 2.87. The molecule has 6 nitrogen and oxygen atoms in total. The van der Waals surface area contributed by atoms with Crippen LogP contribution < -0.4 is 4.74 Å². The van der Waals surface area contributed by atoms with E-state index < -0.39 is 11.9 Å². The number of fused-ring (bicyclic) bond motifs is 2. The number of benzene rings is 1. The first-order valence-electron chi connectivity index (χ1n) is 8.11. The van der Waals surface area contributed by atoms with Crippen LogP contribution in [0.25, 0.3) is 5.57 Å². The Kier molecular flexibility index (Phi) is 6.36. The summed E-state index contributed by atoms with van der Waals surface area (Å²) in [5.74, 6) is -1.58. The number of hydrogen-bond acceptors (Lipinski definition) is 4. The minimum Gasteiger partial charge on any atom is -0.497 e. The molecule has 2 aliphatic rings. The molecule has 0 radical (unpaired) electrons. The molecule has 2 atom stereocenters. The van der Waals surface area contributed by atoms with Crippen molar-refractivity contribution in [3.05, 3.63) is 48.1 Å². The molecule has 25 heavy (non-hydrogen) atoms. The van der Waals surface area contributed by atoms with E-state index in [0.29, 0.717) is 18.2 Å². The molecule has 2 bridgehead atoms. The van der Waals surface area contributed by atoms with Crippen LogP contribution in [0.15, 0.2) is 42.5 Å². The summed E-state index contributed by atoms with van der Waals surface area (Å²) in [4.78, 5) is 21.6. The number of aliphatic carboxylic acids is 2. The van der Waals surface area contributed by atoms with Gasteiger partial charge in [-0.1, -0.05) is 18.2 Å². The van der Waals surface area contributed by atoms with Gasteiger partial charge in [0.05, 0.1) is 7.11 Å². The molecule has 1 fully saturated rings. The standard InChI is InChI=1S/C15H19NO.C4H4O4/c1-16-13-5-6-14(16)10-12(9-13)11-3-7-15(17-2)8-4-11;5-3(6)1-2-4(7)8/h3-4,7-9,13-14H,5-6,10H2,1-2H3;1-2H,(H,5,6)(H,7,8). The van der Waals surface area contributed by atoms with Gasteiger partial charge in [0.15, 0.2) is 0 Å². The van der Waals surface area contributed by atoms with Gasteiger partial charge in [0.25, 0.3) is 0 Å². The molecular weight excluding hydrogens is 322 g/mol. The third-order valence-corrected chi connectivity index (χ3v) is 4.57. The van der Waals surface area contributed by atoms with Crippen LogP contribution >= 0.6 is 0 Å². The molecule has 1 aromatic rings. The van der Waals surface area contributed by atoms with Crippen molar-refractivity contribution in [3.8, 4) is 5.75 Å². The number of rotatable bonds is 4. The van der Waals surface area contributed by atoms with Crippen molar-refractivity contribution in [1.29, 1.82) is 0 Å². The quantitative estimate of drug-likeness (QED) is 0.816. The first-order chi connectivity index (χ1) is 11.9. The maximum absolute atomic E-state index is 9.55. The highest BCUT2D eigenvalue weighted by Crippen LogP contribution is 2.37. The minimum atomic E-state index is -1.26. The van der Waals surface area contributed by atoms with Gasteiger partial charge in [0, 0.05) is 24.2 Å². The lowest BCUT2D eigenvalue weighted by Crippen LogP contribution is -2.34. The van der Waals surface area contributed by atoms with E-state index in [0.717, 1.165) is 11.8 Å². The first kappa shape index (κ1) is 18.7. The molecule has 0 amide bonds. The van der Waals surface area contributed by atoms with Crippen molar-refractivity contribution >= 4 is 17.5 Å². The van der Waals surface area contributed by atoms with E-state index in [-0.39, 0.29) is 0 Å². The lowest BCUT2D eigenvalue weighted by Gasteiger charge is -2.30. The third kappa shape index (κ3) is 5.19. The molecule has 2 aliphatic heterocycles. The van der Waals surface area contributed by atoms with Crippen molar-refractivity contribution in [1.82, 2.24) is 4.90 Å².